The zero-order valence-corrected chi connectivity index (χ0v) is 12.2. The number of nitrogens with one attached hydrogen (secondary N) is 1. The first kappa shape index (κ1) is 14.7. The van der Waals surface area contributed by atoms with Crippen LogP contribution in [0.5, 0.6) is 0 Å². The summed E-state index contributed by atoms with van der Waals surface area (Å²) in [7, 11) is 0. The molecular weight excluding hydrogens is 252 g/mol. The molecule has 0 radical (unpaired) electrons. The van der Waals surface area contributed by atoms with Crippen LogP contribution < -0.4 is 5.32 Å². The fourth-order valence-corrected chi connectivity index (χ4v) is 2.75. The number of nitrogens with zero attached hydrogens (tertiary/aromatic N) is 1. The Morgan fingerprint density at radius 2 is 2.20 bits per heavy atom. The summed E-state index contributed by atoms with van der Waals surface area (Å²) in [4.78, 5) is 25.5. The number of carbonyl (C=O) groups is 2. The smallest absolute Gasteiger partial charge is 0.234 e. The van der Waals surface area contributed by atoms with Gasteiger partial charge in [0.25, 0.3) is 0 Å². The summed E-state index contributed by atoms with van der Waals surface area (Å²) < 4.78 is 0. The van der Waals surface area contributed by atoms with Crippen molar-refractivity contribution in [1.82, 2.24) is 10.2 Å². The molecule has 0 aromatic carbocycles. The van der Waals surface area contributed by atoms with Gasteiger partial charge in [-0.3, -0.25) is 19.8 Å². The van der Waals surface area contributed by atoms with Gasteiger partial charge >= 0.3 is 0 Å². The molecule has 2 aliphatic heterocycles. The molecule has 1 unspecified atom stereocenters. The van der Waals surface area contributed by atoms with Crippen molar-refractivity contribution in [3.63, 3.8) is 0 Å². The third kappa shape index (κ3) is 3.07. The van der Waals surface area contributed by atoms with Gasteiger partial charge in [-0.25, -0.2) is 0 Å². The van der Waals surface area contributed by atoms with E-state index in [0.717, 1.165) is 30.8 Å². The van der Waals surface area contributed by atoms with Crippen molar-refractivity contribution in [2.24, 2.45) is 5.92 Å². The molecular formula is C16H22N2O2. The van der Waals surface area contributed by atoms with Crippen LogP contribution in [0.1, 0.15) is 26.7 Å². The lowest BCUT2D eigenvalue weighted by atomic mass is 9.88. The number of hydrogen-bond donors (Lipinski definition) is 1. The largest absolute Gasteiger partial charge is 0.296 e. The van der Waals surface area contributed by atoms with Crippen molar-refractivity contribution in [3.8, 4) is 0 Å². The Bertz CT molecular complexity index is 503. The van der Waals surface area contributed by atoms with Crippen molar-refractivity contribution >= 4 is 11.8 Å². The molecule has 0 bridgehead atoms. The van der Waals surface area contributed by atoms with Crippen molar-refractivity contribution in [2.75, 3.05) is 19.6 Å². The van der Waals surface area contributed by atoms with Crippen LogP contribution in [0.25, 0.3) is 0 Å². The second kappa shape index (κ2) is 6.18. The Morgan fingerprint density at radius 1 is 1.45 bits per heavy atom. The predicted octanol–water partition coefficient (Wildman–Crippen LogP) is 1.80. The van der Waals surface area contributed by atoms with Crippen molar-refractivity contribution in [2.45, 2.75) is 26.7 Å². The van der Waals surface area contributed by atoms with Crippen LogP contribution in [0, 0.1) is 5.92 Å². The number of likely N-dealkylation sites (tertiary alicyclic amines) is 1. The molecule has 2 fully saturated rings. The number of imide groups is 1. The number of amides is 2. The SMILES string of the molecule is C=C1CN(CC)C/C1=C/C(=C\C)C1CCC(=O)NC1=O. The van der Waals surface area contributed by atoms with Crippen molar-refractivity contribution in [1.29, 1.82) is 0 Å². The third-order valence-corrected chi connectivity index (χ3v) is 4.03. The van der Waals surface area contributed by atoms with E-state index >= 15 is 0 Å². The van der Waals surface area contributed by atoms with E-state index in [-0.39, 0.29) is 17.7 Å². The lowest BCUT2D eigenvalue weighted by Gasteiger charge is -2.22. The monoisotopic (exact) mass is 274 g/mol. The van der Waals surface area contributed by atoms with Crippen LogP contribution in [-0.4, -0.2) is 36.3 Å². The Morgan fingerprint density at radius 3 is 2.75 bits per heavy atom. The normalized spacial score (nSPS) is 27.3. The molecule has 0 aliphatic carbocycles. The van der Waals surface area contributed by atoms with Gasteiger partial charge in [0.2, 0.25) is 11.8 Å². The van der Waals surface area contributed by atoms with Gasteiger partial charge in [-0.2, -0.15) is 0 Å². The highest BCUT2D eigenvalue weighted by molar-refractivity contribution is 6.00. The highest BCUT2D eigenvalue weighted by Crippen LogP contribution is 2.27. The van der Waals surface area contributed by atoms with E-state index in [2.05, 4.69) is 29.8 Å². The van der Waals surface area contributed by atoms with Crippen LogP contribution in [0.4, 0.5) is 0 Å². The maximum absolute atomic E-state index is 11.9. The van der Waals surface area contributed by atoms with E-state index in [9.17, 15) is 9.59 Å². The third-order valence-electron chi connectivity index (χ3n) is 4.03. The minimum Gasteiger partial charge on any atom is -0.296 e. The van der Waals surface area contributed by atoms with Crippen LogP contribution in [0.3, 0.4) is 0 Å². The Balaban J connectivity index is 2.16. The average Bonchev–Trinajstić information content (AvgIpc) is 2.77. The van der Waals surface area contributed by atoms with Crippen molar-refractivity contribution in [3.05, 3.63) is 35.5 Å². The fraction of sp³-hybridized carbons (Fsp3) is 0.500. The molecule has 2 amide bonds. The zero-order chi connectivity index (χ0) is 14.7. The predicted molar refractivity (Wildman–Crippen MR) is 79.0 cm³/mol. The summed E-state index contributed by atoms with van der Waals surface area (Å²) in [5, 5.41) is 2.42. The number of rotatable bonds is 3. The summed E-state index contributed by atoms with van der Waals surface area (Å²) in [5.74, 6) is -0.562. The topological polar surface area (TPSA) is 49.4 Å². The molecule has 0 spiro atoms. The molecule has 4 heteroatoms. The summed E-state index contributed by atoms with van der Waals surface area (Å²) in [6.45, 7) is 11.0. The first-order valence-electron chi connectivity index (χ1n) is 7.16. The standard InChI is InChI=1S/C16H22N2O2/c1-4-12(14-6-7-15(19)17-16(14)20)8-13-10-18(5-2)9-11(13)3/h4,8,14H,3,5-7,9-10H2,1-2H3,(H,17,19,20)/b12-4+,13-8-. The van der Waals surface area contributed by atoms with Gasteiger partial charge in [-0.15, -0.1) is 0 Å². The lowest BCUT2D eigenvalue weighted by Crippen LogP contribution is -2.41. The number of likely N-dealkylation sites (N-methyl/N-ethyl adjacent to an activating group) is 1. The van der Waals surface area contributed by atoms with Crippen LogP contribution >= 0.6 is 0 Å². The quantitative estimate of drug-likeness (QED) is 0.798. The van der Waals surface area contributed by atoms with Crippen LogP contribution in [0.15, 0.2) is 35.5 Å². The van der Waals surface area contributed by atoms with Crippen LogP contribution in [0.2, 0.25) is 0 Å². The molecule has 2 heterocycles. The van der Waals surface area contributed by atoms with Crippen LogP contribution in [-0.2, 0) is 9.59 Å². The molecule has 0 saturated carbocycles. The maximum atomic E-state index is 11.9. The van der Waals surface area contributed by atoms with Gasteiger partial charge in [-0.1, -0.05) is 25.7 Å². The van der Waals surface area contributed by atoms with Gasteiger partial charge in [0, 0.05) is 19.5 Å². The highest BCUT2D eigenvalue weighted by atomic mass is 16.2. The van der Waals surface area contributed by atoms with Gasteiger partial charge < -0.3 is 0 Å². The van der Waals surface area contributed by atoms with E-state index in [1.165, 1.54) is 5.57 Å². The summed E-state index contributed by atoms with van der Waals surface area (Å²) in [5.41, 5.74) is 3.31. The minimum atomic E-state index is -0.214. The van der Waals surface area contributed by atoms with E-state index < -0.39 is 0 Å². The number of allylic oxidation sites excluding steroid dienone is 2. The molecule has 108 valence electrons. The summed E-state index contributed by atoms with van der Waals surface area (Å²) >= 11 is 0. The average molecular weight is 274 g/mol. The van der Waals surface area contributed by atoms with Gasteiger partial charge in [0.05, 0.1) is 5.92 Å². The molecule has 2 saturated heterocycles. The van der Waals surface area contributed by atoms with Gasteiger partial charge in [-0.05, 0) is 36.6 Å². The number of hydrogen-bond acceptors (Lipinski definition) is 3. The van der Waals surface area contributed by atoms with E-state index in [0.29, 0.717) is 12.8 Å². The first-order chi connectivity index (χ1) is 9.55. The maximum Gasteiger partial charge on any atom is 0.234 e. The van der Waals surface area contributed by atoms with Gasteiger partial charge in [0.15, 0.2) is 0 Å². The highest BCUT2D eigenvalue weighted by Gasteiger charge is 2.29. The molecule has 4 nitrogen and oxygen atoms in total. The molecule has 1 atom stereocenters. The van der Waals surface area contributed by atoms with Crippen molar-refractivity contribution < 1.29 is 9.59 Å². The first-order valence-corrected chi connectivity index (χ1v) is 7.16. The number of piperidine rings is 1. The molecule has 2 aliphatic rings. The van der Waals surface area contributed by atoms with Gasteiger partial charge in [0.1, 0.15) is 0 Å². The molecule has 0 aromatic rings. The fourth-order valence-electron chi connectivity index (χ4n) is 2.75. The Hall–Kier alpha value is -1.68. The Kier molecular flexibility index (Phi) is 4.55. The molecule has 2 rings (SSSR count). The number of carbonyl (C=O) groups excluding carboxylic acids is 2. The summed E-state index contributed by atoms with van der Waals surface area (Å²) in [6.07, 6.45) is 5.06. The van der Waals surface area contributed by atoms with E-state index in [4.69, 9.17) is 0 Å². The molecule has 0 aromatic heterocycles. The Labute approximate surface area is 120 Å². The minimum absolute atomic E-state index is 0.170. The zero-order valence-electron chi connectivity index (χ0n) is 12.2. The van der Waals surface area contributed by atoms with E-state index in [1.807, 2.05) is 13.0 Å². The molecule has 20 heavy (non-hydrogen) atoms. The summed E-state index contributed by atoms with van der Waals surface area (Å²) in [6, 6.07) is 0. The van der Waals surface area contributed by atoms with E-state index in [1.54, 1.807) is 0 Å². The lowest BCUT2D eigenvalue weighted by molar-refractivity contribution is -0.135. The second-order valence-corrected chi connectivity index (χ2v) is 5.37. The second-order valence-electron chi connectivity index (χ2n) is 5.37. The molecule has 1 N–H and O–H groups in total.